The van der Waals surface area contributed by atoms with Crippen LogP contribution < -0.4 is 5.32 Å². The van der Waals surface area contributed by atoms with Crippen LogP contribution in [0.5, 0.6) is 0 Å². The molecule has 1 N–H and O–H groups in total. The lowest BCUT2D eigenvalue weighted by atomic mass is 9.83. The van der Waals surface area contributed by atoms with Gasteiger partial charge in [-0.3, -0.25) is 0 Å². The van der Waals surface area contributed by atoms with Crippen LogP contribution in [0.25, 0.3) is 0 Å². The van der Waals surface area contributed by atoms with Crippen LogP contribution in [-0.4, -0.2) is 13.6 Å². The van der Waals surface area contributed by atoms with Crippen LogP contribution in [0.3, 0.4) is 0 Å². The van der Waals surface area contributed by atoms with E-state index in [1.807, 2.05) is 19.2 Å². The summed E-state index contributed by atoms with van der Waals surface area (Å²) in [6.07, 6.45) is 2.64. The quantitative estimate of drug-likeness (QED) is 0.779. The summed E-state index contributed by atoms with van der Waals surface area (Å²) in [5.41, 5.74) is 0.856. The Morgan fingerprint density at radius 3 is 2.75 bits per heavy atom. The predicted molar refractivity (Wildman–Crippen MR) is 67.3 cm³/mol. The average Bonchev–Trinajstić information content (AvgIpc) is 2.24. The molecule has 1 unspecified atom stereocenters. The SMILES string of the molecule is C=CC(C)(CNC)Cc1ccc(Cl)c(F)c1. The minimum absolute atomic E-state index is 0.0744. The Hall–Kier alpha value is -0.860. The molecule has 0 fully saturated rings. The summed E-state index contributed by atoms with van der Waals surface area (Å²) < 4.78 is 13.3. The molecule has 1 atom stereocenters. The van der Waals surface area contributed by atoms with Crippen molar-refractivity contribution >= 4 is 11.6 Å². The number of benzene rings is 1. The van der Waals surface area contributed by atoms with Gasteiger partial charge in [0.2, 0.25) is 0 Å². The van der Waals surface area contributed by atoms with Gasteiger partial charge in [-0.2, -0.15) is 0 Å². The molecule has 0 aliphatic heterocycles. The average molecular weight is 242 g/mol. The van der Waals surface area contributed by atoms with E-state index >= 15 is 0 Å². The highest BCUT2D eigenvalue weighted by Crippen LogP contribution is 2.25. The van der Waals surface area contributed by atoms with Crippen molar-refractivity contribution < 1.29 is 4.39 Å². The number of rotatable bonds is 5. The van der Waals surface area contributed by atoms with Gasteiger partial charge in [-0.15, -0.1) is 6.58 Å². The van der Waals surface area contributed by atoms with E-state index in [9.17, 15) is 4.39 Å². The molecule has 1 nitrogen and oxygen atoms in total. The molecule has 1 rings (SSSR count). The third kappa shape index (κ3) is 3.32. The van der Waals surface area contributed by atoms with Crippen LogP contribution in [0, 0.1) is 11.2 Å². The molecule has 0 aliphatic carbocycles. The van der Waals surface area contributed by atoms with E-state index in [1.165, 1.54) is 6.07 Å². The Morgan fingerprint density at radius 2 is 2.25 bits per heavy atom. The van der Waals surface area contributed by atoms with Crippen molar-refractivity contribution in [2.45, 2.75) is 13.3 Å². The van der Waals surface area contributed by atoms with Gasteiger partial charge in [0.15, 0.2) is 0 Å². The van der Waals surface area contributed by atoms with E-state index in [-0.39, 0.29) is 16.3 Å². The molecule has 3 heteroatoms. The van der Waals surface area contributed by atoms with Crippen molar-refractivity contribution in [1.82, 2.24) is 5.32 Å². The summed E-state index contributed by atoms with van der Waals surface area (Å²) in [5, 5.41) is 3.28. The first kappa shape index (κ1) is 13.2. The zero-order chi connectivity index (χ0) is 12.2. The number of nitrogens with one attached hydrogen (secondary N) is 1. The molecule has 0 bridgehead atoms. The topological polar surface area (TPSA) is 12.0 Å². The van der Waals surface area contributed by atoms with Crippen LogP contribution in [-0.2, 0) is 6.42 Å². The second-order valence-corrected chi connectivity index (χ2v) is 4.72. The van der Waals surface area contributed by atoms with E-state index < -0.39 is 0 Å². The number of hydrogen-bond acceptors (Lipinski definition) is 1. The molecule has 0 spiro atoms. The molecule has 1 aromatic rings. The van der Waals surface area contributed by atoms with Gasteiger partial charge in [0, 0.05) is 12.0 Å². The lowest BCUT2D eigenvalue weighted by Gasteiger charge is -2.25. The van der Waals surface area contributed by atoms with Crippen molar-refractivity contribution in [2.75, 3.05) is 13.6 Å². The van der Waals surface area contributed by atoms with E-state index in [0.717, 1.165) is 18.5 Å². The molecule has 88 valence electrons. The van der Waals surface area contributed by atoms with Gasteiger partial charge in [0.1, 0.15) is 5.82 Å². The Kier molecular flexibility index (Phi) is 4.51. The smallest absolute Gasteiger partial charge is 0.142 e. The second kappa shape index (κ2) is 5.46. The van der Waals surface area contributed by atoms with Crippen LogP contribution in [0.2, 0.25) is 5.02 Å². The van der Waals surface area contributed by atoms with Gasteiger partial charge in [0.05, 0.1) is 5.02 Å². The Labute approximate surface area is 101 Å². The maximum absolute atomic E-state index is 13.3. The lowest BCUT2D eigenvalue weighted by molar-refractivity contribution is 0.405. The summed E-state index contributed by atoms with van der Waals surface area (Å²) in [6, 6.07) is 4.93. The number of halogens is 2. The molecule has 0 saturated carbocycles. The first-order chi connectivity index (χ1) is 7.50. The van der Waals surface area contributed by atoms with Gasteiger partial charge in [-0.05, 0) is 31.2 Å². The van der Waals surface area contributed by atoms with Gasteiger partial charge in [-0.25, -0.2) is 4.39 Å². The molecular formula is C13H17ClFN. The third-order valence-corrected chi connectivity index (χ3v) is 2.97. The third-order valence-electron chi connectivity index (χ3n) is 2.67. The molecule has 0 heterocycles. The normalized spacial score (nSPS) is 14.5. The summed E-state index contributed by atoms with van der Waals surface area (Å²) >= 11 is 5.64. The van der Waals surface area contributed by atoms with E-state index in [2.05, 4.69) is 18.8 Å². The van der Waals surface area contributed by atoms with E-state index in [1.54, 1.807) is 6.07 Å². The fraction of sp³-hybridized carbons (Fsp3) is 0.385. The maximum Gasteiger partial charge on any atom is 0.142 e. The highest BCUT2D eigenvalue weighted by molar-refractivity contribution is 6.30. The molecule has 0 radical (unpaired) electrons. The minimum atomic E-state index is -0.366. The van der Waals surface area contributed by atoms with Crippen molar-refractivity contribution in [2.24, 2.45) is 5.41 Å². The number of hydrogen-bond donors (Lipinski definition) is 1. The molecule has 16 heavy (non-hydrogen) atoms. The Bertz CT molecular complexity index is 378. The monoisotopic (exact) mass is 241 g/mol. The summed E-state index contributed by atoms with van der Waals surface area (Å²) in [7, 11) is 1.89. The van der Waals surface area contributed by atoms with Crippen LogP contribution in [0.4, 0.5) is 4.39 Å². The standard InChI is InChI=1S/C13H17ClFN/c1-4-13(2,9-16-3)8-10-5-6-11(14)12(15)7-10/h4-7,16H,1,8-9H2,2-3H3. The largest absolute Gasteiger partial charge is 0.319 e. The van der Waals surface area contributed by atoms with E-state index in [4.69, 9.17) is 11.6 Å². The molecule has 0 saturated heterocycles. The van der Waals surface area contributed by atoms with Crippen LogP contribution in [0.1, 0.15) is 12.5 Å². The highest BCUT2D eigenvalue weighted by atomic mass is 35.5. The minimum Gasteiger partial charge on any atom is -0.319 e. The molecule has 1 aromatic carbocycles. The second-order valence-electron chi connectivity index (χ2n) is 4.31. The molecule has 0 aromatic heterocycles. The van der Waals surface area contributed by atoms with Crippen LogP contribution in [0.15, 0.2) is 30.9 Å². The molecular weight excluding hydrogens is 225 g/mol. The fourth-order valence-electron chi connectivity index (χ4n) is 1.73. The van der Waals surface area contributed by atoms with Gasteiger partial charge in [-0.1, -0.05) is 30.7 Å². The summed E-state index contributed by atoms with van der Waals surface area (Å²) in [6.45, 7) is 6.72. The molecule has 0 amide bonds. The van der Waals surface area contributed by atoms with Gasteiger partial charge in [0.25, 0.3) is 0 Å². The lowest BCUT2D eigenvalue weighted by Crippen LogP contribution is -2.29. The first-order valence-corrected chi connectivity index (χ1v) is 5.61. The van der Waals surface area contributed by atoms with Crippen molar-refractivity contribution in [3.8, 4) is 0 Å². The van der Waals surface area contributed by atoms with Gasteiger partial charge < -0.3 is 5.32 Å². The molecule has 0 aliphatic rings. The highest BCUT2D eigenvalue weighted by Gasteiger charge is 2.20. The van der Waals surface area contributed by atoms with Crippen LogP contribution >= 0.6 is 11.6 Å². The van der Waals surface area contributed by atoms with Crippen molar-refractivity contribution in [3.05, 3.63) is 47.3 Å². The van der Waals surface area contributed by atoms with Crippen molar-refractivity contribution in [3.63, 3.8) is 0 Å². The van der Waals surface area contributed by atoms with Crippen molar-refractivity contribution in [1.29, 1.82) is 0 Å². The Balaban J connectivity index is 2.86. The fourth-order valence-corrected chi connectivity index (χ4v) is 1.84. The Morgan fingerprint density at radius 1 is 1.56 bits per heavy atom. The summed E-state index contributed by atoms with van der Waals surface area (Å²) in [5.74, 6) is -0.366. The zero-order valence-corrected chi connectivity index (χ0v) is 10.4. The van der Waals surface area contributed by atoms with Gasteiger partial charge >= 0.3 is 0 Å². The predicted octanol–water partition coefficient (Wildman–Crippen LogP) is 3.43. The maximum atomic E-state index is 13.3. The summed E-state index contributed by atoms with van der Waals surface area (Å²) in [4.78, 5) is 0. The first-order valence-electron chi connectivity index (χ1n) is 5.23. The van der Waals surface area contributed by atoms with E-state index in [0.29, 0.717) is 0 Å². The zero-order valence-electron chi connectivity index (χ0n) is 9.69.